The van der Waals surface area contributed by atoms with Crippen molar-refractivity contribution in [1.29, 1.82) is 0 Å². The zero-order chi connectivity index (χ0) is 13.5. The highest BCUT2D eigenvalue weighted by molar-refractivity contribution is 7.99. The van der Waals surface area contributed by atoms with Crippen molar-refractivity contribution in [3.63, 3.8) is 0 Å². The second kappa shape index (κ2) is 4.93. The number of benzene rings is 1. The van der Waals surface area contributed by atoms with E-state index in [9.17, 15) is 0 Å². The number of aromatic nitrogens is 2. The molecule has 0 spiro atoms. The lowest BCUT2D eigenvalue weighted by molar-refractivity contribution is 0.846. The first-order valence-corrected chi connectivity index (χ1v) is 7.71. The Labute approximate surface area is 126 Å². The summed E-state index contributed by atoms with van der Waals surface area (Å²) in [5.41, 5.74) is 1.94. The maximum absolute atomic E-state index is 6.01. The Morgan fingerprint density at radius 1 is 1.37 bits per heavy atom. The summed E-state index contributed by atoms with van der Waals surface area (Å²) >= 11 is 13.6. The molecule has 1 aliphatic rings. The number of thioether (sulfide) groups is 1. The van der Waals surface area contributed by atoms with Crippen molar-refractivity contribution < 1.29 is 0 Å². The van der Waals surface area contributed by atoms with Gasteiger partial charge in [0.15, 0.2) is 5.16 Å². The van der Waals surface area contributed by atoms with E-state index in [0.29, 0.717) is 5.92 Å². The summed E-state index contributed by atoms with van der Waals surface area (Å²) in [7, 11) is 0. The van der Waals surface area contributed by atoms with E-state index < -0.39 is 4.33 Å². The van der Waals surface area contributed by atoms with E-state index in [0.717, 1.165) is 28.6 Å². The number of hydrogen-bond donors (Lipinski definition) is 1. The van der Waals surface area contributed by atoms with E-state index in [1.807, 2.05) is 36.5 Å². The van der Waals surface area contributed by atoms with Gasteiger partial charge in [-0.3, -0.25) is 0 Å². The van der Waals surface area contributed by atoms with Crippen molar-refractivity contribution in [3.8, 4) is 11.3 Å². The molecule has 1 fully saturated rings. The minimum absolute atomic E-state index is 0.331. The Kier molecular flexibility index (Phi) is 3.41. The smallest absolute Gasteiger partial charge is 0.187 e. The molecule has 100 valence electrons. The molecule has 0 aliphatic heterocycles. The number of hydrogen-bond acceptors (Lipinski definition) is 3. The highest BCUT2D eigenvalue weighted by atomic mass is 35.5. The molecular weight excluding hydrogens is 301 g/mol. The van der Waals surface area contributed by atoms with E-state index in [1.54, 1.807) is 16.4 Å². The highest BCUT2D eigenvalue weighted by Crippen LogP contribution is 2.54. The van der Waals surface area contributed by atoms with Crippen molar-refractivity contribution in [1.82, 2.24) is 9.66 Å². The summed E-state index contributed by atoms with van der Waals surface area (Å²) in [6.07, 6.45) is 2.68. The van der Waals surface area contributed by atoms with Gasteiger partial charge in [-0.25, -0.2) is 9.66 Å². The first-order chi connectivity index (χ1) is 9.06. The lowest BCUT2D eigenvalue weighted by Crippen LogP contribution is -2.08. The molecule has 1 unspecified atom stereocenters. The molecule has 3 rings (SSSR count). The molecule has 1 heterocycles. The first-order valence-electron chi connectivity index (χ1n) is 5.97. The van der Waals surface area contributed by atoms with Crippen molar-refractivity contribution in [2.45, 2.75) is 15.9 Å². The molecule has 0 saturated heterocycles. The highest BCUT2D eigenvalue weighted by Gasteiger charge is 2.51. The molecule has 1 atom stereocenters. The summed E-state index contributed by atoms with van der Waals surface area (Å²) in [4.78, 5) is 4.54. The molecule has 0 bridgehead atoms. The normalized spacial score (nSPS) is 20.4. The van der Waals surface area contributed by atoms with Crippen molar-refractivity contribution >= 4 is 35.0 Å². The lowest BCUT2D eigenvalue weighted by atomic mass is 10.2. The summed E-state index contributed by atoms with van der Waals surface area (Å²) in [5, 5.41) is 0.787. The number of nitrogens with zero attached hydrogens (tertiary/aromatic N) is 2. The zero-order valence-corrected chi connectivity index (χ0v) is 12.4. The molecule has 2 N–H and O–H groups in total. The van der Waals surface area contributed by atoms with E-state index in [4.69, 9.17) is 29.0 Å². The van der Waals surface area contributed by atoms with E-state index in [1.165, 1.54) is 0 Å². The first kappa shape index (κ1) is 13.2. The third kappa shape index (κ3) is 2.86. The molecule has 0 amide bonds. The third-order valence-electron chi connectivity index (χ3n) is 3.14. The quantitative estimate of drug-likeness (QED) is 0.533. The van der Waals surface area contributed by atoms with Crippen LogP contribution in [0.15, 0.2) is 41.7 Å². The van der Waals surface area contributed by atoms with Crippen molar-refractivity contribution in [2.75, 3.05) is 11.6 Å². The van der Waals surface area contributed by atoms with Crippen LogP contribution in [0.5, 0.6) is 0 Å². The lowest BCUT2D eigenvalue weighted by Gasteiger charge is -2.00. The number of alkyl halides is 2. The van der Waals surface area contributed by atoms with Gasteiger partial charge >= 0.3 is 0 Å². The van der Waals surface area contributed by atoms with Crippen LogP contribution < -0.4 is 5.84 Å². The average Bonchev–Trinajstić information content (AvgIpc) is 2.83. The predicted molar refractivity (Wildman–Crippen MR) is 81.1 cm³/mol. The number of rotatable bonds is 4. The molecule has 19 heavy (non-hydrogen) atoms. The van der Waals surface area contributed by atoms with Crippen molar-refractivity contribution in [3.05, 3.63) is 36.5 Å². The Bertz CT molecular complexity index is 583. The minimum Gasteiger partial charge on any atom is -0.337 e. The fraction of sp³-hybridized carbons (Fsp3) is 0.308. The van der Waals surface area contributed by atoms with Gasteiger partial charge in [0.1, 0.15) is 4.33 Å². The zero-order valence-electron chi connectivity index (χ0n) is 10.1. The molecule has 6 heteroatoms. The van der Waals surface area contributed by atoms with Crippen LogP contribution in [0.1, 0.15) is 6.42 Å². The van der Waals surface area contributed by atoms with Gasteiger partial charge in [-0.15, -0.1) is 23.2 Å². The fourth-order valence-corrected chi connectivity index (χ4v) is 3.68. The Morgan fingerprint density at radius 2 is 2.05 bits per heavy atom. The Hall–Kier alpha value is -0.840. The van der Waals surface area contributed by atoms with E-state index in [-0.39, 0.29) is 0 Å². The molecule has 0 radical (unpaired) electrons. The largest absolute Gasteiger partial charge is 0.337 e. The maximum atomic E-state index is 6.01. The van der Waals surface area contributed by atoms with E-state index in [2.05, 4.69) is 4.98 Å². The predicted octanol–water partition coefficient (Wildman–Crippen LogP) is 3.55. The number of nitrogen functional groups attached to an aromatic ring is 1. The number of halogens is 2. The van der Waals surface area contributed by atoms with Gasteiger partial charge in [0.25, 0.3) is 0 Å². The third-order valence-corrected chi connectivity index (χ3v) is 5.19. The fourth-order valence-electron chi connectivity index (χ4n) is 1.86. The van der Waals surface area contributed by atoms with Crippen LogP contribution in [0.25, 0.3) is 11.3 Å². The van der Waals surface area contributed by atoms with Gasteiger partial charge in [-0.05, 0) is 6.42 Å². The number of nitrogens with two attached hydrogens (primary N) is 1. The SMILES string of the molecule is Nn1cc(-c2ccccc2)nc1SCC1CC1(Cl)Cl. The monoisotopic (exact) mass is 313 g/mol. The molecule has 1 aromatic heterocycles. The van der Waals surface area contributed by atoms with Crippen LogP contribution >= 0.6 is 35.0 Å². The van der Waals surface area contributed by atoms with Gasteiger partial charge in [-0.2, -0.15) is 0 Å². The van der Waals surface area contributed by atoms with Gasteiger partial charge in [0, 0.05) is 17.2 Å². The Balaban J connectivity index is 1.71. The molecule has 3 nitrogen and oxygen atoms in total. The van der Waals surface area contributed by atoms with Gasteiger partial charge < -0.3 is 5.84 Å². The molecule has 1 aliphatic carbocycles. The van der Waals surface area contributed by atoms with Crippen LogP contribution in [0, 0.1) is 5.92 Å². The maximum Gasteiger partial charge on any atom is 0.187 e. The van der Waals surface area contributed by atoms with E-state index >= 15 is 0 Å². The van der Waals surface area contributed by atoms with Crippen molar-refractivity contribution in [2.24, 2.45) is 5.92 Å². The second-order valence-corrected chi connectivity index (χ2v) is 7.18. The van der Waals surface area contributed by atoms with Crippen LogP contribution in [-0.2, 0) is 0 Å². The van der Waals surface area contributed by atoms with Gasteiger partial charge in [0.05, 0.1) is 11.9 Å². The Morgan fingerprint density at radius 3 is 2.68 bits per heavy atom. The standard InChI is InChI=1S/C13H13Cl2N3S/c14-13(15)6-10(13)8-19-12-17-11(7-18(12)16)9-4-2-1-3-5-9/h1-5,7,10H,6,8,16H2. The van der Waals surface area contributed by atoms with Crippen LogP contribution in [0.4, 0.5) is 0 Å². The van der Waals surface area contributed by atoms with Gasteiger partial charge in [-0.1, -0.05) is 42.1 Å². The molecular formula is C13H13Cl2N3S. The summed E-state index contributed by atoms with van der Waals surface area (Å²) in [6.45, 7) is 0. The summed E-state index contributed by atoms with van der Waals surface area (Å²) in [6, 6.07) is 9.97. The number of imidazole rings is 1. The molecule has 2 aromatic rings. The van der Waals surface area contributed by atoms with Crippen LogP contribution in [0.3, 0.4) is 0 Å². The second-order valence-electron chi connectivity index (χ2n) is 4.66. The van der Waals surface area contributed by atoms with Gasteiger partial charge in [0.2, 0.25) is 0 Å². The van der Waals surface area contributed by atoms with Crippen LogP contribution in [-0.4, -0.2) is 19.7 Å². The summed E-state index contributed by atoms with van der Waals surface area (Å²) in [5.74, 6) is 7.09. The topological polar surface area (TPSA) is 43.8 Å². The summed E-state index contributed by atoms with van der Waals surface area (Å²) < 4.78 is 1.01. The average molecular weight is 314 g/mol. The minimum atomic E-state index is -0.540. The van der Waals surface area contributed by atoms with Crippen LogP contribution in [0.2, 0.25) is 0 Å². The molecule has 1 aromatic carbocycles. The molecule has 1 saturated carbocycles.